The molecule has 158 valence electrons. The van der Waals surface area contributed by atoms with Crippen molar-refractivity contribution in [3.05, 3.63) is 29.3 Å². The summed E-state index contributed by atoms with van der Waals surface area (Å²) in [6, 6.07) is 7.18. The number of amides is 2. The number of benzene rings is 1. The van der Waals surface area contributed by atoms with Gasteiger partial charge in [-0.3, -0.25) is 14.5 Å². The van der Waals surface area contributed by atoms with Gasteiger partial charge in [0.2, 0.25) is 11.8 Å². The minimum atomic E-state index is -0.679. The van der Waals surface area contributed by atoms with Crippen LogP contribution in [-0.2, 0) is 9.59 Å². The molecule has 3 N–H and O–H groups in total. The van der Waals surface area contributed by atoms with Crippen molar-refractivity contribution in [1.82, 2.24) is 9.80 Å². The number of nitrogens with zero attached hydrogens (tertiary/aromatic N) is 2. The minimum absolute atomic E-state index is 0. The number of nitrogens with two attached hydrogens (primary N) is 1. The molecule has 9 heteroatoms. The second-order valence-corrected chi connectivity index (χ2v) is 7.72. The third-order valence-corrected chi connectivity index (χ3v) is 5.68. The third-order valence-electron chi connectivity index (χ3n) is 5.35. The van der Waals surface area contributed by atoms with Gasteiger partial charge in [-0.15, -0.1) is 24.8 Å². The number of hydrogen-bond acceptors (Lipinski definition) is 4. The van der Waals surface area contributed by atoms with Crippen LogP contribution in [0.15, 0.2) is 24.3 Å². The summed E-state index contributed by atoms with van der Waals surface area (Å²) in [6.45, 7) is 2.89. The average molecular weight is 452 g/mol. The molecule has 6 nitrogen and oxygen atoms in total. The number of para-hydroxylation sites is 1. The molecule has 1 aromatic carbocycles. The summed E-state index contributed by atoms with van der Waals surface area (Å²) in [6.07, 6.45) is 4.80. The third kappa shape index (κ3) is 6.22. The number of piperazine rings is 1. The Bertz CT molecular complexity index is 660. The molecule has 1 heterocycles. The lowest BCUT2D eigenvalue weighted by Gasteiger charge is -2.40. The molecule has 1 aliphatic carbocycles. The number of nitrogens with one attached hydrogen (secondary N) is 1. The summed E-state index contributed by atoms with van der Waals surface area (Å²) >= 11 is 6.07. The van der Waals surface area contributed by atoms with Crippen molar-refractivity contribution in [2.24, 2.45) is 5.73 Å². The summed E-state index contributed by atoms with van der Waals surface area (Å²) in [5.41, 5.74) is 6.31. The van der Waals surface area contributed by atoms with Crippen molar-refractivity contribution in [3.63, 3.8) is 0 Å². The van der Waals surface area contributed by atoms with Gasteiger partial charge in [0.25, 0.3) is 0 Å². The molecule has 28 heavy (non-hydrogen) atoms. The predicted molar refractivity (Wildman–Crippen MR) is 118 cm³/mol. The summed E-state index contributed by atoms with van der Waals surface area (Å²) in [5, 5.41) is 3.36. The Morgan fingerprint density at radius 1 is 1.04 bits per heavy atom. The highest BCUT2D eigenvalue weighted by atomic mass is 35.5. The van der Waals surface area contributed by atoms with Gasteiger partial charge in [0.05, 0.1) is 22.8 Å². The second-order valence-electron chi connectivity index (χ2n) is 7.31. The van der Waals surface area contributed by atoms with Crippen LogP contribution in [0.2, 0.25) is 5.02 Å². The van der Waals surface area contributed by atoms with E-state index in [9.17, 15) is 9.59 Å². The molecule has 2 amide bonds. The molecule has 0 bridgehead atoms. The molecule has 0 atom stereocenters. The Morgan fingerprint density at radius 2 is 1.64 bits per heavy atom. The van der Waals surface area contributed by atoms with Crippen LogP contribution < -0.4 is 11.1 Å². The fourth-order valence-corrected chi connectivity index (χ4v) is 3.96. The maximum Gasteiger partial charge on any atom is 0.242 e. The lowest BCUT2D eigenvalue weighted by Crippen LogP contribution is -2.60. The van der Waals surface area contributed by atoms with Crippen molar-refractivity contribution in [1.29, 1.82) is 0 Å². The van der Waals surface area contributed by atoms with Gasteiger partial charge in [-0.25, -0.2) is 0 Å². The number of anilines is 1. The van der Waals surface area contributed by atoms with Crippen molar-refractivity contribution in [2.75, 3.05) is 38.0 Å². The molecule has 1 aliphatic heterocycles. The SMILES string of the molecule is Cl.Cl.NC1(C(=O)N2CCN(CC(=O)Nc3ccccc3Cl)CC2)CCCCC1. The van der Waals surface area contributed by atoms with Gasteiger partial charge >= 0.3 is 0 Å². The quantitative estimate of drug-likeness (QED) is 0.738. The van der Waals surface area contributed by atoms with Gasteiger partial charge in [-0.05, 0) is 25.0 Å². The summed E-state index contributed by atoms with van der Waals surface area (Å²) < 4.78 is 0. The van der Waals surface area contributed by atoms with E-state index < -0.39 is 5.54 Å². The number of halogens is 3. The highest BCUT2D eigenvalue weighted by Crippen LogP contribution is 2.28. The fraction of sp³-hybridized carbons (Fsp3) is 0.579. The Hall–Kier alpha value is -1.05. The molecular weight excluding hydrogens is 423 g/mol. The van der Waals surface area contributed by atoms with E-state index in [0.29, 0.717) is 43.4 Å². The molecule has 3 rings (SSSR count). The topological polar surface area (TPSA) is 78.7 Å². The first-order valence-electron chi connectivity index (χ1n) is 9.33. The minimum Gasteiger partial charge on any atom is -0.339 e. The summed E-state index contributed by atoms with van der Waals surface area (Å²) in [5.74, 6) is -0.0159. The van der Waals surface area contributed by atoms with Crippen LogP contribution in [0.5, 0.6) is 0 Å². The number of hydrogen-bond donors (Lipinski definition) is 2. The van der Waals surface area contributed by atoms with E-state index in [1.165, 1.54) is 6.42 Å². The highest BCUT2D eigenvalue weighted by Gasteiger charge is 2.39. The maximum absolute atomic E-state index is 12.8. The van der Waals surface area contributed by atoms with Crippen LogP contribution >= 0.6 is 36.4 Å². The van der Waals surface area contributed by atoms with E-state index in [1.54, 1.807) is 12.1 Å². The van der Waals surface area contributed by atoms with E-state index in [-0.39, 0.29) is 36.6 Å². The van der Waals surface area contributed by atoms with E-state index in [1.807, 2.05) is 17.0 Å². The Morgan fingerprint density at radius 3 is 2.25 bits per heavy atom. The van der Waals surface area contributed by atoms with Crippen molar-refractivity contribution < 1.29 is 9.59 Å². The number of rotatable bonds is 4. The molecule has 1 aromatic rings. The molecule has 2 fully saturated rings. The van der Waals surface area contributed by atoms with Crippen LogP contribution in [0.3, 0.4) is 0 Å². The zero-order chi connectivity index (χ0) is 18.6. The smallest absolute Gasteiger partial charge is 0.242 e. The van der Waals surface area contributed by atoms with Crippen LogP contribution in [0, 0.1) is 0 Å². The standard InChI is InChI=1S/C19H27ClN4O2.2ClH/c20-15-6-2-3-7-16(15)22-17(25)14-23-10-12-24(13-11-23)18(26)19(21)8-4-1-5-9-19;;/h2-3,6-7H,1,4-5,8-14,21H2,(H,22,25);2*1H. The number of carbonyl (C=O) groups excluding carboxylic acids is 2. The van der Waals surface area contributed by atoms with Crippen molar-refractivity contribution in [2.45, 2.75) is 37.6 Å². The Balaban J connectivity index is 0.00000196. The van der Waals surface area contributed by atoms with Gasteiger partial charge < -0.3 is 16.0 Å². The van der Waals surface area contributed by atoms with Crippen molar-refractivity contribution in [3.8, 4) is 0 Å². The maximum atomic E-state index is 12.8. The normalized spacial score (nSPS) is 19.1. The number of carbonyl (C=O) groups is 2. The molecule has 1 saturated carbocycles. The molecule has 0 unspecified atom stereocenters. The van der Waals surface area contributed by atoms with Gasteiger partial charge in [0.15, 0.2) is 0 Å². The lowest BCUT2D eigenvalue weighted by molar-refractivity contribution is -0.140. The van der Waals surface area contributed by atoms with Gasteiger partial charge in [0.1, 0.15) is 0 Å². The zero-order valence-electron chi connectivity index (χ0n) is 15.9. The van der Waals surface area contributed by atoms with Crippen LogP contribution in [0.1, 0.15) is 32.1 Å². The molecule has 0 radical (unpaired) electrons. The van der Waals surface area contributed by atoms with Gasteiger partial charge in [0, 0.05) is 26.2 Å². The zero-order valence-corrected chi connectivity index (χ0v) is 18.3. The van der Waals surface area contributed by atoms with E-state index in [0.717, 1.165) is 25.7 Å². The van der Waals surface area contributed by atoms with Gasteiger partial charge in [-0.1, -0.05) is 43.0 Å². The molecular formula is C19H29Cl3N4O2. The molecule has 0 spiro atoms. The van der Waals surface area contributed by atoms with Crippen LogP contribution in [0.25, 0.3) is 0 Å². The lowest BCUT2D eigenvalue weighted by atomic mass is 9.81. The summed E-state index contributed by atoms with van der Waals surface area (Å²) in [4.78, 5) is 28.9. The monoisotopic (exact) mass is 450 g/mol. The first-order chi connectivity index (χ1) is 12.5. The van der Waals surface area contributed by atoms with Crippen molar-refractivity contribution >= 4 is 53.9 Å². The fourth-order valence-electron chi connectivity index (χ4n) is 3.78. The van der Waals surface area contributed by atoms with Gasteiger partial charge in [-0.2, -0.15) is 0 Å². The highest BCUT2D eigenvalue weighted by molar-refractivity contribution is 6.33. The largest absolute Gasteiger partial charge is 0.339 e. The second kappa shape index (κ2) is 11.2. The molecule has 0 aromatic heterocycles. The Labute approximate surface area is 184 Å². The van der Waals surface area contributed by atoms with E-state index in [2.05, 4.69) is 10.2 Å². The summed E-state index contributed by atoms with van der Waals surface area (Å²) in [7, 11) is 0. The van der Waals surface area contributed by atoms with Crippen LogP contribution in [-0.4, -0.2) is 59.9 Å². The first kappa shape index (κ1) is 25.0. The molecule has 2 aliphatic rings. The molecule has 1 saturated heterocycles. The van der Waals surface area contributed by atoms with E-state index in [4.69, 9.17) is 17.3 Å². The predicted octanol–water partition coefficient (Wildman–Crippen LogP) is 2.93. The first-order valence-corrected chi connectivity index (χ1v) is 9.71. The average Bonchev–Trinajstić information content (AvgIpc) is 2.64. The Kier molecular flexibility index (Phi) is 10.0. The van der Waals surface area contributed by atoms with E-state index >= 15 is 0 Å². The van der Waals surface area contributed by atoms with Crippen LogP contribution in [0.4, 0.5) is 5.69 Å².